The first kappa shape index (κ1) is 12.2. The number of nitrogens with zero attached hydrogens (tertiary/aromatic N) is 1. The molecule has 0 atom stereocenters. The highest BCUT2D eigenvalue weighted by Crippen LogP contribution is 2.32. The fourth-order valence-electron chi connectivity index (χ4n) is 1.53. The van der Waals surface area contributed by atoms with Gasteiger partial charge in [0.2, 0.25) is 0 Å². The normalized spacial score (nSPS) is 11.5. The van der Waals surface area contributed by atoms with Gasteiger partial charge in [-0.2, -0.15) is 13.2 Å². The molecule has 94 valence electrons. The topological polar surface area (TPSA) is 54.9 Å². The molecule has 0 radical (unpaired) electrons. The second kappa shape index (κ2) is 4.17. The number of para-hydroxylation sites is 1. The Bertz CT molecular complexity index is 685. The van der Waals surface area contributed by atoms with Crippen LogP contribution >= 0.6 is 0 Å². The maximum absolute atomic E-state index is 12.8. The summed E-state index contributed by atoms with van der Waals surface area (Å²) in [6.45, 7) is 0. The van der Waals surface area contributed by atoms with E-state index in [9.17, 15) is 22.8 Å². The van der Waals surface area contributed by atoms with E-state index in [0.717, 1.165) is 29.0 Å². The Morgan fingerprint density at radius 1 is 1.06 bits per heavy atom. The summed E-state index contributed by atoms with van der Waals surface area (Å²) in [6, 6.07) is 5.61. The summed E-state index contributed by atoms with van der Waals surface area (Å²) < 4.78 is 39.0. The molecule has 7 heteroatoms. The summed E-state index contributed by atoms with van der Waals surface area (Å²) in [7, 11) is 0. The molecule has 2 aromatic rings. The first-order valence-electron chi connectivity index (χ1n) is 4.88. The molecule has 0 bridgehead atoms. The van der Waals surface area contributed by atoms with Crippen LogP contribution < -0.4 is 11.2 Å². The number of hydrogen-bond donors (Lipinski definition) is 1. The Labute approximate surface area is 98.3 Å². The van der Waals surface area contributed by atoms with Gasteiger partial charge in [-0.1, -0.05) is 12.1 Å². The number of alkyl halides is 3. The van der Waals surface area contributed by atoms with Crippen LogP contribution in [0.2, 0.25) is 0 Å². The van der Waals surface area contributed by atoms with Crippen molar-refractivity contribution < 1.29 is 13.2 Å². The molecule has 0 unspecified atom stereocenters. The van der Waals surface area contributed by atoms with Crippen LogP contribution in [0.4, 0.5) is 13.2 Å². The molecule has 0 amide bonds. The second-order valence-electron chi connectivity index (χ2n) is 3.50. The quantitative estimate of drug-likeness (QED) is 0.841. The van der Waals surface area contributed by atoms with Crippen molar-refractivity contribution in [2.24, 2.45) is 0 Å². The highest BCUT2D eigenvalue weighted by molar-refractivity contribution is 5.42. The number of nitrogens with one attached hydrogen (secondary N) is 1. The van der Waals surface area contributed by atoms with Gasteiger partial charge >= 0.3 is 11.9 Å². The number of H-pyrrole nitrogens is 1. The van der Waals surface area contributed by atoms with Gasteiger partial charge in [0.25, 0.3) is 5.56 Å². The molecule has 2 rings (SSSR count). The van der Waals surface area contributed by atoms with E-state index >= 15 is 0 Å². The molecule has 0 spiro atoms. The SMILES string of the molecule is O=c1ccn(-c2ccccc2C(F)(F)F)c(=O)[nH]1. The van der Waals surface area contributed by atoms with Crippen molar-refractivity contribution in [3.63, 3.8) is 0 Å². The van der Waals surface area contributed by atoms with Gasteiger partial charge in [-0.3, -0.25) is 14.3 Å². The van der Waals surface area contributed by atoms with E-state index in [2.05, 4.69) is 0 Å². The highest BCUT2D eigenvalue weighted by Gasteiger charge is 2.33. The minimum absolute atomic E-state index is 0.328. The Balaban J connectivity index is 2.72. The van der Waals surface area contributed by atoms with Crippen molar-refractivity contribution in [1.29, 1.82) is 0 Å². The van der Waals surface area contributed by atoms with E-state index in [4.69, 9.17) is 0 Å². The zero-order valence-electron chi connectivity index (χ0n) is 8.86. The standard InChI is InChI=1S/C11H7F3N2O2/c12-11(13,14)7-3-1-2-4-8(7)16-6-5-9(17)15-10(16)18/h1-6H,(H,15,17,18). The van der Waals surface area contributed by atoms with Gasteiger partial charge in [0.1, 0.15) is 0 Å². The van der Waals surface area contributed by atoms with Crippen LogP contribution in [-0.2, 0) is 6.18 Å². The largest absolute Gasteiger partial charge is 0.418 e. The summed E-state index contributed by atoms with van der Waals surface area (Å²) in [5, 5.41) is 0. The van der Waals surface area contributed by atoms with Crippen LogP contribution in [0.25, 0.3) is 5.69 Å². The number of aromatic amines is 1. The van der Waals surface area contributed by atoms with Gasteiger partial charge in [0, 0.05) is 12.3 Å². The molecular formula is C11H7F3N2O2. The molecule has 1 N–H and O–H groups in total. The fraction of sp³-hybridized carbons (Fsp3) is 0.0909. The summed E-state index contributed by atoms with van der Waals surface area (Å²) in [5.74, 6) is 0. The minimum atomic E-state index is -4.58. The van der Waals surface area contributed by atoms with Gasteiger partial charge in [-0.05, 0) is 12.1 Å². The Morgan fingerprint density at radius 3 is 2.33 bits per heavy atom. The highest BCUT2D eigenvalue weighted by atomic mass is 19.4. The van der Waals surface area contributed by atoms with Crippen LogP contribution in [0, 0.1) is 0 Å². The smallest absolute Gasteiger partial charge is 0.274 e. The molecule has 18 heavy (non-hydrogen) atoms. The van der Waals surface area contributed by atoms with Gasteiger partial charge < -0.3 is 0 Å². The number of rotatable bonds is 1. The Kier molecular flexibility index (Phi) is 2.82. The van der Waals surface area contributed by atoms with Gasteiger partial charge in [-0.25, -0.2) is 4.79 Å². The molecule has 0 aliphatic heterocycles. The van der Waals surface area contributed by atoms with Gasteiger partial charge in [-0.15, -0.1) is 0 Å². The lowest BCUT2D eigenvalue weighted by Crippen LogP contribution is -2.28. The number of halogens is 3. The molecule has 1 aromatic carbocycles. The first-order chi connectivity index (χ1) is 8.39. The number of hydrogen-bond acceptors (Lipinski definition) is 2. The van der Waals surface area contributed by atoms with Gasteiger partial charge in [0.05, 0.1) is 11.3 Å². The maximum Gasteiger partial charge on any atom is 0.418 e. The maximum atomic E-state index is 12.8. The van der Waals surface area contributed by atoms with Crippen LogP contribution in [0.1, 0.15) is 5.56 Å². The molecule has 0 aliphatic carbocycles. The minimum Gasteiger partial charge on any atom is -0.274 e. The molecule has 1 aromatic heterocycles. The molecule has 1 heterocycles. The fourth-order valence-corrected chi connectivity index (χ4v) is 1.53. The third-order valence-corrected chi connectivity index (χ3v) is 2.29. The predicted octanol–water partition coefficient (Wildman–Crippen LogP) is 1.54. The molecule has 0 fully saturated rings. The monoisotopic (exact) mass is 256 g/mol. The van der Waals surface area contributed by atoms with Gasteiger partial charge in [0.15, 0.2) is 0 Å². The van der Waals surface area contributed by atoms with Crippen molar-refractivity contribution in [2.45, 2.75) is 6.18 Å². The Hall–Kier alpha value is -2.31. The number of benzene rings is 1. The van der Waals surface area contributed by atoms with Crippen LogP contribution in [-0.4, -0.2) is 9.55 Å². The molecule has 0 aliphatic rings. The average Bonchev–Trinajstić information content (AvgIpc) is 2.28. The van der Waals surface area contributed by atoms with Crippen molar-refractivity contribution >= 4 is 0 Å². The lowest BCUT2D eigenvalue weighted by molar-refractivity contribution is -0.137. The second-order valence-corrected chi connectivity index (χ2v) is 3.50. The van der Waals surface area contributed by atoms with Crippen molar-refractivity contribution in [2.75, 3.05) is 0 Å². The van der Waals surface area contributed by atoms with E-state index in [1.165, 1.54) is 12.1 Å². The van der Waals surface area contributed by atoms with Crippen molar-refractivity contribution in [1.82, 2.24) is 9.55 Å². The molecule has 0 saturated heterocycles. The third kappa shape index (κ3) is 2.20. The lowest BCUT2D eigenvalue weighted by Gasteiger charge is -2.13. The van der Waals surface area contributed by atoms with E-state index in [1.807, 2.05) is 4.98 Å². The van der Waals surface area contributed by atoms with E-state index in [1.54, 1.807) is 0 Å². The molecule has 0 saturated carbocycles. The van der Waals surface area contributed by atoms with Crippen LogP contribution in [0.5, 0.6) is 0 Å². The van der Waals surface area contributed by atoms with E-state index in [0.29, 0.717) is 0 Å². The summed E-state index contributed by atoms with van der Waals surface area (Å²) in [5.41, 5.74) is -2.86. The van der Waals surface area contributed by atoms with Crippen LogP contribution in [0.3, 0.4) is 0 Å². The lowest BCUT2D eigenvalue weighted by atomic mass is 10.1. The summed E-state index contributed by atoms with van der Waals surface area (Å²) >= 11 is 0. The first-order valence-corrected chi connectivity index (χ1v) is 4.88. The van der Waals surface area contributed by atoms with Crippen molar-refractivity contribution in [3.8, 4) is 5.69 Å². The summed E-state index contributed by atoms with van der Waals surface area (Å²) in [6.07, 6.45) is -3.57. The predicted molar refractivity (Wildman–Crippen MR) is 57.7 cm³/mol. The average molecular weight is 256 g/mol. The Morgan fingerprint density at radius 2 is 1.72 bits per heavy atom. The van der Waals surface area contributed by atoms with E-state index < -0.39 is 23.0 Å². The zero-order chi connectivity index (χ0) is 13.3. The van der Waals surface area contributed by atoms with Crippen molar-refractivity contribution in [3.05, 3.63) is 62.9 Å². The molecule has 4 nitrogen and oxygen atoms in total. The van der Waals surface area contributed by atoms with Crippen LogP contribution in [0.15, 0.2) is 46.1 Å². The summed E-state index contributed by atoms with van der Waals surface area (Å²) in [4.78, 5) is 24.2. The third-order valence-electron chi connectivity index (χ3n) is 2.29. The molecular weight excluding hydrogens is 249 g/mol. The zero-order valence-corrected chi connectivity index (χ0v) is 8.86. The number of aromatic nitrogens is 2. The van der Waals surface area contributed by atoms with E-state index in [-0.39, 0.29) is 5.69 Å².